The maximum atomic E-state index is 11.8. The monoisotopic (exact) mass is 263 g/mol. The van der Waals surface area contributed by atoms with Gasteiger partial charge in [0.25, 0.3) is 0 Å². The van der Waals surface area contributed by atoms with Crippen molar-refractivity contribution in [1.82, 2.24) is 24.6 Å². The SMILES string of the molecule is CC(=O)N1CCCCC1c1nnc2n1CCN(C)C2. The number of aromatic nitrogens is 3. The molecule has 1 atom stereocenters. The van der Waals surface area contributed by atoms with Crippen molar-refractivity contribution in [3.05, 3.63) is 11.6 Å². The molecule has 1 aromatic rings. The lowest BCUT2D eigenvalue weighted by Crippen LogP contribution is -2.39. The van der Waals surface area contributed by atoms with Gasteiger partial charge in [-0.2, -0.15) is 0 Å². The Kier molecular flexibility index (Phi) is 3.26. The molecule has 0 aliphatic carbocycles. The third kappa shape index (κ3) is 2.25. The van der Waals surface area contributed by atoms with E-state index < -0.39 is 0 Å². The van der Waals surface area contributed by atoms with Crippen molar-refractivity contribution in [1.29, 1.82) is 0 Å². The Balaban J connectivity index is 1.91. The van der Waals surface area contributed by atoms with Crippen molar-refractivity contribution in [2.45, 2.75) is 45.3 Å². The topological polar surface area (TPSA) is 54.3 Å². The molecule has 0 saturated carbocycles. The van der Waals surface area contributed by atoms with Gasteiger partial charge in [0.05, 0.1) is 12.6 Å². The Hall–Kier alpha value is -1.43. The van der Waals surface area contributed by atoms with Crippen molar-refractivity contribution in [2.24, 2.45) is 0 Å². The van der Waals surface area contributed by atoms with Gasteiger partial charge in [0.1, 0.15) is 5.82 Å². The standard InChI is InChI=1S/C13H21N5O/c1-10(19)17-6-4-3-5-11(17)13-15-14-12-9-16(2)7-8-18(12)13/h11H,3-9H2,1-2H3. The third-order valence-electron chi connectivity index (χ3n) is 4.18. The first-order valence-corrected chi connectivity index (χ1v) is 7.04. The van der Waals surface area contributed by atoms with Gasteiger partial charge in [-0.3, -0.25) is 9.69 Å². The van der Waals surface area contributed by atoms with E-state index in [1.165, 1.54) is 0 Å². The van der Waals surface area contributed by atoms with E-state index in [9.17, 15) is 4.79 Å². The smallest absolute Gasteiger partial charge is 0.220 e. The number of likely N-dealkylation sites (N-methyl/N-ethyl adjacent to an activating group) is 1. The van der Waals surface area contributed by atoms with Gasteiger partial charge in [-0.1, -0.05) is 0 Å². The quantitative estimate of drug-likeness (QED) is 0.752. The molecule has 0 aromatic carbocycles. The first kappa shape index (κ1) is 12.6. The van der Waals surface area contributed by atoms with Gasteiger partial charge < -0.3 is 9.47 Å². The molecule has 2 aliphatic heterocycles. The van der Waals surface area contributed by atoms with Crippen LogP contribution in [0.4, 0.5) is 0 Å². The van der Waals surface area contributed by atoms with Gasteiger partial charge in [-0.15, -0.1) is 10.2 Å². The average molecular weight is 263 g/mol. The number of carbonyl (C=O) groups excluding carboxylic acids is 1. The van der Waals surface area contributed by atoms with E-state index in [-0.39, 0.29) is 11.9 Å². The molecule has 2 aliphatic rings. The van der Waals surface area contributed by atoms with E-state index >= 15 is 0 Å². The van der Waals surface area contributed by atoms with Crippen molar-refractivity contribution in [3.63, 3.8) is 0 Å². The highest BCUT2D eigenvalue weighted by atomic mass is 16.2. The van der Waals surface area contributed by atoms with Crippen LogP contribution in [0.3, 0.4) is 0 Å². The van der Waals surface area contributed by atoms with Gasteiger partial charge in [0, 0.05) is 26.6 Å². The number of hydrogen-bond acceptors (Lipinski definition) is 4. The molecule has 3 rings (SSSR count). The molecule has 6 heteroatoms. The van der Waals surface area contributed by atoms with Crippen molar-refractivity contribution >= 4 is 5.91 Å². The van der Waals surface area contributed by atoms with Crippen molar-refractivity contribution in [3.8, 4) is 0 Å². The van der Waals surface area contributed by atoms with Crippen LogP contribution in [-0.2, 0) is 17.9 Å². The Morgan fingerprint density at radius 2 is 2.05 bits per heavy atom. The highest BCUT2D eigenvalue weighted by Crippen LogP contribution is 2.30. The van der Waals surface area contributed by atoms with Crippen LogP contribution in [0.1, 0.15) is 43.9 Å². The molecule has 1 aromatic heterocycles. The third-order valence-corrected chi connectivity index (χ3v) is 4.18. The summed E-state index contributed by atoms with van der Waals surface area (Å²) >= 11 is 0. The zero-order valence-electron chi connectivity index (χ0n) is 11.7. The molecule has 1 unspecified atom stereocenters. The number of rotatable bonds is 1. The predicted molar refractivity (Wildman–Crippen MR) is 70.3 cm³/mol. The molecule has 0 bridgehead atoms. The van der Waals surface area contributed by atoms with Gasteiger partial charge in [-0.05, 0) is 26.3 Å². The summed E-state index contributed by atoms with van der Waals surface area (Å²) in [5.41, 5.74) is 0. The average Bonchev–Trinajstić information content (AvgIpc) is 2.81. The molecule has 0 spiro atoms. The number of likely N-dealkylation sites (tertiary alicyclic amines) is 1. The molecule has 0 N–H and O–H groups in total. The Morgan fingerprint density at radius 3 is 2.84 bits per heavy atom. The zero-order chi connectivity index (χ0) is 13.4. The van der Waals surface area contributed by atoms with Crippen LogP contribution in [0.5, 0.6) is 0 Å². The van der Waals surface area contributed by atoms with E-state index in [1.807, 2.05) is 4.90 Å². The van der Waals surface area contributed by atoms with Crippen molar-refractivity contribution < 1.29 is 4.79 Å². The van der Waals surface area contributed by atoms with E-state index in [0.717, 1.165) is 57.1 Å². The summed E-state index contributed by atoms with van der Waals surface area (Å²) in [7, 11) is 2.10. The minimum atomic E-state index is 0.121. The number of hydrogen-bond donors (Lipinski definition) is 0. The van der Waals surface area contributed by atoms with Crippen LogP contribution in [-0.4, -0.2) is 50.6 Å². The summed E-state index contributed by atoms with van der Waals surface area (Å²) in [6.07, 6.45) is 3.27. The summed E-state index contributed by atoms with van der Waals surface area (Å²) < 4.78 is 2.21. The highest BCUT2D eigenvalue weighted by Gasteiger charge is 2.31. The minimum absolute atomic E-state index is 0.121. The zero-order valence-corrected chi connectivity index (χ0v) is 11.7. The summed E-state index contributed by atoms with van der Waals surface area (Å²) in [5.74, 6) is 2.16. The summed E-state index contributed by atoms with van der Waals surface area (Å²) in [6.45, 7) is 5.29. The number of piperidine rings is 1. The molecule has 1 amide bonds. The van der Waals surface area contributed by atoms with Gasteiger partial charge in [0.15, 0.2) is 5.82 Å². The van der Waals surface area contributed by atoms with Gasteiger partial charge in [0.2, 0.25) is 5.91 Å². The van der Waals surface area contributed by atoms with Crippen molar-refractivity contribution in [2.75, 3.05) is 20.1 Å². The van der Waals surface area contributed by atoms with Crippen LogP contribution in [0.25, 0.3) is 0 Å². The second-order valence-corrected chi connectivity index (χ2v) is 5.59. The predicted octanol–water partition coefficient (Wildman–Crippen LogP) is 0.797. The van der Waals surface area contributed by atoms with Gasteiger partial charge in [-0.25, -0.2) is 0 Å². The van der Waals surface area contributed by atoms with Crippen LogP contribution < -0.4 is 0 Å². The molecule has 1 saturated heterocycles. The minimum Gasteiger partial charge on any atom is -0.333 e. The highest BCUT2D eigenvalue weighted by molar-refractivity contribution is 5.73. The van der Waals surface area contributed by atoms with Crippen LogP contribution in [0.15, 0.2) is 0 Å². The van der Waals surface area contributed by atoms with Crippen LogP contribution in [0.2, 0.25) is 0 Å². The maximum Gasteiger partial charge on any atom is 0.220 e. The van der Waals surface area contributed by atoms with E-state index in [2.05, 4.69) is 26.7 Å². The fourth-order valence-electron chi connectivity index (χ4n) is 3.12. The fourth-order valence-corrected chi connectivity index (χ4v) is 3.12. The Labute approximate surface area is 113 Å². The fraction of sp³-hybridized carbons (Fsp3) is 0.769. The van der Waals surface area contributed by atoms with Crippen LogP contribution in [0, 0.1) is 0 Å². The molecule has 3 heterocycles. The summed E-state index contributed by atoms with van der Waals surface area (Å²) in [5, 5.41) is 8.69. The number of carbonyl (C=O) groups is 1. The Morgan fingerprint density at radius 1 is 1.21 bits per heavy atom. The molecule has 1 fully saturated rings. The summed E-state index contributed by atoms with van der Waals surface area (Å²) in [4.78, 5) is 16.0. The number of amides is 1. The number of fused-ring (bicyclic) bond motifs is 1. The van der Waals surface area contributed by atoms with E-state index in [4.69, 9.17) is 0 Å². The summed E-state index contributed by atoms with van der Waals surface area (Å²) in [6, 6.07) is 0.121. The lowest BCUT2D eigenvalue weighted by atomic mass is 10.0. The normalized spacial score (nSPS) is 24.3. The number of nitrogens with zero attached hydrogens (tertiary/aromatic N) is 5. The van der Waals surface area contributed by atoms with Gasteiger partial charge >= 0.3 is 0 Å². The molecule has 6 nitrogen and oxygen atoms in total. The van der Waals surface area contributed by atoms with E-state index in [0.29, 0.717) is 0 Å². The lowest BCUT2D eigenvalue weighted by Gasteiger charge is -2.35. The molecular weight excluding hydrogens is 242 g/mol. The van der Waals surface area contributed by atoms with E-state index in [1.54, 1.807) is 6.92 Å². The molecule has 104 valence electrons. The van der Waals surface area contributed by atoms with Crippen LogP contribution >= 0.6 is 0 Å². The lowest BCUT2D eigenvalue weighted by molar-refractivity contribution is -0.132. The molecule has 0 radical (unpaired) electrons. The first-order valence-electron chi connectivity index (χ1n) is 7.04. The second kappa shape index (κ2) is 4.92. The Bertz CT molecular complexity index is 483. The maximum absolute atomic E-state index is 11.8. The molecule has 19 heavy (non-hydrogen) atoms. The second-order valence-electron chi connectivity index (χ2n) is 5.59. The first-order chi connectivity index (χ1) is 9.16. The largest absolute Gasteiger partial charge is 0.333 e. The molecular formula is C13H21N5O.